The molecule has 1 spiro atoms. The van der Waals surface area contributed by atoms with Crippen LogP contribution in [-0.4, -0.2) is 55.2 Å². The molecule has 0 aromatic carbocycles. The monoisotopic (exact) mass is 314 g/mol. The molecule has 3 atom stereocenters. The predicted molar refractivity (Wildman–Crippen MR) is 83.7 cm³/mol. The van der Waals surface area contributed by atoms with Gasteiger partial charge in [0.2, 0.25) is 0 Å². The van der Waals surface area contributed by atoms with E-state index < -0.39 is 11.7 Å². The highest BCUT2D eigenvalue weighted by atomic mass is 16.6. The predicted octanol–water partition coefficient (Wildman–Crippen LogP) is 1.42. The Hall–Kier alpha value is -0.850. The number of hydrogen-bond donors (Lipinski definition) is 3. The fourth-order valence-electron chi connectivity index (χ4n) is 3.54. The lowest BCUT2D eigenvalue weighted by molar-refractivity contribution is -0.0660. The molecule has 2 saturated carbocycles. The first-order valence-electron chi connectivity index (χ1n) is 8.17. The van der Waals surface area contributed by atoms with E-state index in [2.05, 4.69) is 10.6 Å². The Balaban J connectivity index is 1.80. The van der Waals surface area contributed by atoms with Crippen LogP contribution < -0.4 is 10.6 Å². The van der Waals surface area contributed by atoms with Gasteiger partial charge < -0.3 is 25.2 Å². The van der Waals surface area contributed by atoms with Gasteiger partial charge in [0.25, 0.3) is 0 Å². The third kappa shape index (κ3) is 3.91. The number of aliphatic hydroxyl groups is 1. The summed E-state index contributed by atoms with van der Waals surface area (Å²) < 4.78 is 10.3. The van der Waals surface area contributed by atoms with Gasteiger partial charge in [0.1, 0.15) is 5.60 Å². The maximum atomic E-state index is 11.9. The van der Waals surface area contributed by atoms with E-state index in [1.807, 2.05) is 20.8 Å². The number of hydrogen-bond acceptors (Lipinski definition) is 5. The van der Waals surface area contributed by atoms with Crippen LogP contribution in [0.1, 0.15) is 46.5 Å². The van der Waals surface area contributed by atoms with E-state index in [0.717, 1.165) is 19.3 Å². The molecule has 3 N–H and O–H groups in total. The van der Waals surface area contributed by atoms with Crippen LogP contribution in [0.5, 0.6) is 0 Å². The molecule has 6 nitrogen and oxygen atoms in total. The van der Waals surface area contributed by atoms with Crippen molar-refractivity contribution in [2.45, 2.75) is 70.2 Å². The molecular formula is C16H30N2O4. The largest absolute Gasteiger partial charge is 0.444 e. The van der Waals surface area contributed by atoms with E-state index in [4.69, 9.17) is 9.47 Å². The summed E-state index contributed by atoms with van der Waals surface area (Å²) in [5.41, 5.74) is -0.327. The summed E-state index contributed by atoms with van der Waals surface area (Å²) >= 11 is 0. The SMILES string of the molecule is COCC(O)CNC1CC(NC(=O)OC(C)(C)C)C12CCC2. The lowest BCUT2D eigenvalue weighted by atomic mass is 9.50. The van der Waals surface area contributed by atoms with Gasteiger partial charge in [0.15, 0.2) is 0 Å². The number of methoxy groups -OCH3 is 1. The zero-order chi connectivity index (χ0) is 16.4. The normalized spacial score (nSPS) is 27.7. The second-order valence-electron chi connectivity index (χ2n) is 7.59. The average Bonchev–Trinajstić information content (AvgIpc) is 2.28. The molecule has 2 aliphatic rings. The van der Waals surface area contributed by atoms with Gasteiger partial charge in [-0.3, -0.25) is 0 Å². The highest BCUT2D eigenvalue weighted by Crippen LogP contribution is 2.56. The topological polar surface area (TPSA) is 79.8 Å². The zero-order valence-corrected chi connectivity index (χ0v) is 14.1. The van der Waals surface area contributed by atoms with Gasteiger partial charge in [-0.2, -0.15) is 0 Å². The molecule has 22 heavy (non-hydrogen) atoms. The number of carbonyl (C=O) groups excluding carboxylic acids is 1. The maximum Gasteiger partial charge on any atom is 0.407 e. The minimum absolute atomic E-state index is 0.143. The standard InChI is InChI=1S/C16H30N2O4/c1-15(2,3)22-14(20)18-13-8-12(16(13)6-5-7-16)17-9-11(19)10-21-4/h11-13,17,19H,5-10H2,1-4H3,(H,18,20). The number of rotatable bonds is 6. The number of carbonyl (C=O) groups is 1. The van der Waals surface area contributed by atoms with Crippen LogP contribution in [-0.2, 0) is 9.47 Å². The van der Waals surface area contributed by atoms with Gasteiger partial charge in [-0.15, -0.1) is 0 Å². The number of aliphatic hydroxyl groups excluding tert-OH is 1. The molecule has 3 unspecified atom stereocenters. The van der Waals surface area contributed by atoms with E-state index in [0.29, 0.717) is 19.2 Å². The van der Waals surface area contributed by atoms with Crippen LogP contribution in [0, 0.1) is 5.41 Å². The van der Waals surface area contributed by atoms with Crippen LogP contribution in [0.2, 0.25) is 0 Å². The van der Waals surface area contributed by atoms with Crippen molar-refractivity contribution in [1.29, 1.82) is 0 Å². The molecule has 6 heteroatoms. The second kappa shape index (κ2) is 6.72. The van der Waals surface area contributed by atoms with Crippen molar-refractivity contribution < 1.29 is 19.4 Å². The van der Waals surface area contributed by atoms with E-state index in [9.17, 15) is 9.90 Å². The first-order valence-corrected chi connectivity index (χ1v) is 8.17. The maximum absolute atomic E-state index is 11.9. The van der Waals surface area contributed by atoms with Crippen LogP contribution in [0.25, 0.3) is 0 Å². The lowest BCUT2D eigenvalue weighted by Gasteiger charge is -2.61. The molecule has 0 bridgehead atoms. The van der Waals surface area contributed by atoms with E-state index >= 15 is 0 Å². The molecule has 2 rings (SSSR count). The van der Waals surface area contributed by atoms with Crippen molar-refractivity contribution in [2.24, 2.45) is 5.41 Å². The van der Waals surface area contributed by atoms with E-state index in [1.165, 1.54) is 6.42 Å². The Morgan fingerprint density at radius 3 is 2.55 bits per heavy atom. The summed E-state index contributed by atoms with van der Waals surface area (Å²) in [6.45, 7) is 6.47. The molecule has 2 fully saturated rings. The fourth-order valence-corrected chi connectivity index (χ4v) is 3.54. The number of ether oxygens (including phenoxy) is 2. The zero-order valence-electron chi connectivity index (χ0n) is 14.1. The summed E-state index contributed by atoms with van der Waals surface area (Å²) in [4.78, 5) is 11.9. The Labute approximate surface area is 132 Å². The molecule has 0 saturated heterocycles. The van der Waals surface area contributed by atoms with Gasteiger partial charge in [0.05, 0.1) is 12.7 Å². The molecule has 128 valence electrons. The summed E-state index contributed by atoms with van der Waals surface area (Å²) in [5.74, 6) is 0. The third-order valence-corrected chi connectivity index (χ3v) is 4.79. The van der Waals surface area contributed by atoms with Crippen molar-refractivity contribution >= 4 is 6.09 Å². The van der Waals surface area contributed by atoms with E-state index in [-0.39, 0.29) is 17.6 Å². The van der Waals surface area contributed by atoms with Gasteiger partial charge in [0, 0.05) is 31.2 Å². The lowest BCUT2D eigenvalue weighted by Crippen LogP contribution is -2.71. The minimum Gasteiger partial charge on any atom is -0.444 e. The summed E-state index contributed by atoms with van der Waals surface area (Å²) in [7, 11) is 1.58. The van der Waals surface area contributed by atoms with Crippen LogP contribution >= 0.6 is 0 Å². The van der Waals surface area contributed by atoms with Crippen molar-refractivity contribution in [3.8, 4) is 0 Å². The van der Waals surface area contributed by atoms with Gasteiger partial charge in [-0.1, -0.05) is 6.42 Å². The first kappa shape index (κ1) is 17.5. The molecule has 0 aromatic heterocycles. The Bertz CT molecular complexity index is 390. The molecule has 0 aliphatic heterocycles. The highest BCUT2D eigenvalue weighted by Gasteiger charge is 2.58. The van der Waals surface area contributed by atoms with Crippen molar-refractivity contribution in [1.82, 2.24) is 10.6 Å². The second-order valence-corrected chi connectivity index (χ2v) is 7.59. The Kier molecular flexibility index (Phi) is 5.35. The van der Waals surface area contributed by atoms with Crippen LogP contribution in [0.4, 0.5) is 4.79 Å². The van der Waals surface area contributed by atoms with Crippen molar-refractivity contribution in [2.75, 3.05) is 20.3 Å². The summed E-state index contributed by atoms with van der Waals surface area (Å²) in [6, 6.07) is 0.529. The number of alkyl carbamates (subject to hydrolysis) is 1. The van der Waals surface area contributed by atoms with Crippen LogP contribution in [0.3, 0.4) is 0 Å². The molecule has 0 radical (unpaired) electrons. The average molecular weight is 314 g/mol. The molecule has 0 heterocycles. The summed E-state index contributed by atoms with van der Waals surface area (Å²) in [5, 5.41) is 16.2. The first-order chi connectivity index (χ1) is 10.3. The van der Waals surface area contributed by atoms with Gasteiger partial charge >= 0.3 is 6.09 Å². The number of nitrogens with one attached hydrogen (secondary N) is 2. The molecular weight excluding hydrogens is 284 g/mol. The van der Waals surface area contributed by atoms with Crippen molar-refractivity contribution in [3.05, 3.63) is 0 Å². The molecule has 1 amide bonds. The summed E-state index contributed by atoms with van der Waals surface area (Å²) in [6.07, 6.45) is 3.50. The Morgan fingerprint density at radius 2 is 2.05 bits per heavy atom. The smallest absolute Gasteiger partial charge is 0.407 e. The van der Waals surface area contributed by atoms with Gasteiger partial charge in [-0.05, 0) is 40.0 Å². The third-order valence-electron chi connectivity index (χ3n) is 4.79. The van der Waals surface area contributed by atoms with Crippen LogP contribution in [0.15, 0.2) is 0 Å². The molecule has 2 aliphatic carbocycles. The fraction of sp³-hybridized carbons (Fsp3) is 0.938. The minimum atomic E-state index is -0.486. The van der Waals surface area contributed by atoms with E-state index in [1.54, 1.807) is 7.11 Å². The van der Waals surface area contributed by atoms with Gasteiger partial charge in [-0.25, -0.2) is 4.79 Å². The molecule has 0 aromatic rings. The Morgan fingerprint density at radius 1 is 1.36 bits per heavy atom. The number of amides is 1. The van der Waals surface area contributed by atoms with Crippen molar-refractivity contribution in [3.63, 3.8) is 0 Å². The quantitative estimate of drug-likeness (QED) is 0.691. The highest BCUT2D eigenvalue weighted by molar-refractivity contribution is 5.68.